The highest BCUT2D eigenvalue weighted by Crippen LogP contribution is 2.41. The van der Waals surface area contributed by atoms with Crippen LogP contribution >= 0.6 is 7.53 Å². The molecule has 1 heteroatoms. The van der Waals surface area contributed by atoms with E-state index in [0.717, 1.165) is 6.42 Å². The van der Waals surface area contributed by atoms with E-state index in [9.17, 15) is 0 Å². The second kappa shape index (κ2) is 2.48. The van der Waals surface area contributed by atoms with Crippen LogP contribution < -0.4 is 0 Å². The lowest BCUT2D eigenvalue weighted by Crippen LogP contribution is -1.57. The Morgan fingerprint density at radius 1 is 1.50 bits per heavy atom. The highest BCUT2D eigenvalue weighted by molar-refractivity contribution is 7.59. The van der Waals surface area contributed by atoms with E-state index in [0.29, 0.717) is 0 Å². The van der Waals surface area contributed by atoms with Crippen molar-refractivity contribution in [1.82, 2.24) is 0 Å². The Morgan fingerprint density at radius 2 is 2.50 bits per heavy atom. The largest absolute Gasteiger partial charge is 0.0888 e. The van der Waals surface area contributed by atoms with Crippen LogP contribution in [0.3, 0.4) is 0 Å². The molecule has 1 heterocycles. The SMILES string of the molecule is [c]1cccp1C1=CC=CC1. The molecule has 1 atom stereocenters. The van der Waals surface area contributed by atoms with Crippen molar-refractivity contribution in [2.75, 3.05) is 0 Å². The first-order valence-electron chi connectivity index (χ1n) is 3.38. The molecule has 1 aromatic heterocycles. The van der Waals surface area contributed by atoms with Crippen LogP contribution in [0.25, 0.3) is 5.31 Å². The summed E-state index contributed by atoms with van der Waals surface area (Å²) in [4.78, 5) is 0. The van der Waals surface area contributed by atoms with Gasteiger partial charge in [0.1, 0.15) is 0 Å². The standard InChI is InChI=1S/C9H8P/c1-2-6-9(5-1)10-7-3-4-8-10/h1-5,7H,6H2. The monoisotopic (exact) mass is 147 g/mol. The molecule has 1 aromatic rings. The lowest BCUT2D eigenvalue weighted by Gasteiger charge is -1.94. The molecular formula is C9H8P. The van der Waals surface area contributed by atoms with E-state index in [1.54, 1.807) is 0 Å². The van der Waals surface area contributed by atoms with Gasteiger partial charge in [-0.15, -0.1) is 0 Å². The first-order chi connectivity index (χ1) is 4.97. The van der Waals surface area contributed by atoms with Gasteiger partial charge in [-0.3, -0.25) is 0 Å². The minimum atomic E-state index is -0.134. The molecule has 2 rings (SSSR count). The normalized spacial score (nSPS) is 15.8. The Kier molecular flexibility index (Phi) is 1.49. The summed E-state index contributed by atoms with van der Waals surface area (Å²) < 4.78 is 0. The summed E-state index contributed by atoms with van der Waals surface area (Å²) in [6, 6.07) is 4.11. The number of hydrogen-bond acceptors (Lipinski definition) is 0. The summed E-state index contributed by atoms with van der Waals surface area (Å²) in [7, 11) is -0.134. The quantitative estimate of drug-likeness (QED) is 0.571. The van der Waals surface area contributed by atoms with E-state index < -0.39 is 0 Å². The van der Waals surface area contributed by atoms with Crippen molar-refractivity contribution in [3.8, 4) is 0 Å². The third-order valence-electron chi connectivity index (χ3n) is 1.61. The van der Waals surface area contributed by atoms with Gasteiger partial charge in [0.15, 0.2) is 0 Å². The fourth-order valence-corrected chi connectivity index (χ4v) is 2.59. The molecule has 0 amide bonds. The van der Waals surface area contributed by atoms with Gasteiger partial charge in [0, 0.05) is 5.80 Å². The van der Waals surface area contributed by atoms with Crippen molar-refractivity contribution in [2.24, 2.45) is 0 Å². The van der Waals surface area contributed by atoms with Crippen LogP contribution in [-0.2, 0) is 0 Å². The predicted molar refractivity (Wildman–Crippen MR) is 46.0 cm³/mol. The molecule has 10 heavy (non-hydrogen) atoms. The van der Waals surface area contributed by atoms with E-state index in [1.165, 1.54) is 5.31 Å². The maximum atomic E-state index is 3.32. The van der Waals surface area contributed by atoms with Crippen LogP contribution in [0.5, 0.6) is 0 Å². The summed E-state index contributed by atoms with van der Waals surface area (Å²) in [5.41, 5.74) is 0. The fourth-order valence-electron chi connectivity index (χ4n) is 1.09. The van der Waals surface area contributed by atoms with Gasteiger partial charge in [-0.05, 0) is 23.6 Å². The van der Waals surface area contributed by atoms with Crippen molar-refractivity contribution >= 4 is 12.8 Å². The Hall–Kier alpha value is -0.740. The van der Waals surface area contributed by atoms with Crippen LogP contribution in [0.15, 0.2) is 36.2 Å². The molecule has 0 saturated carbocycles. The molecule has 0 saturated heterocycles. The molecule has 0 bridgehead atoms. The van der Waals surface area contributed by atoms with E-state index in [1.807, 2.05) is 6.07 Å². The first kappa shape index (κ1) is 6.00. The molecule has 1 unspecified atom stereocenters. The zero-order valence-corrected chi connectivity index (χ0v) is 6.51. The van der Waals surface area contributed by atoms with Gasteiger partial charge in [-0.2, -0.15) is 0 Å². The topological polar surface area (TPSA) is 0 Å². The maximum absolute atomic E-state index is 3.32. The number of hydrogen-bond donors (Lipinski definition) is 0. The van der Waals surface area contributed by atoms with E-state index in [2.05, 4.69) is 35.9 Å². The average molecular weight is 147 g/mol. The van der Waals surface area contributed by atoms with Crippen LogP contribution in [0, 0.1) is 5.80 Å². The molecule has 0 N–H and O–H groups in total. The van der Waals surface area contributed by atoms with Gasteiger partial charge in [0.05, 0.1) is 0 Å². The molecular weight excluding hydrogens is 139 g/mol. The highest BCUT2D eigenvalue weighted by atomic mass is 31.1. The molecule has 1 aliphatic rings. The predicted octanol–water partition coefficient (Wildman–Crippen LogP) is 3.27. The zero-order chi connectivity index (χ0) is 6.81. The summed E-state index contributed by atoms with van der Waals surface area (Å²) in [6.45, 7) is 0. The van der Waals surface area contributed by atoms with Gasteiger partial charge in [0.25, 0.3) is 0 Å². The highest BCUT2D eigenvalue weighted by Gasteiger charge is 2.00. The Balaban J connectivity index is 2.30. The van der Waals surface area contributed by atoms with E-state index >= 15 is 0 Å². The van der Waals surface area contributed by atoms with Crippen LogP contribution in [0.2, 0.25) is 0 Å². The second-order valence-corrected chi connectivity index (χ2v) is 4.17. The molecule has 0 aromatic carbocycles. The third-order valence-corrected chi connectivity index (χ3v) is 3.45. The second-order valence-electron chi connectivity index (χ2n) is 2.30. The van der Waals surface area contributed by atoms with Gasteiger partial charge in [-0.1, -0.05) is 31.8 Å². The Morgan fingerprint density at radius 3 is 3.10 bits per heavy atom. The number of rotatable bonds is 1. The van der Waals surface area contributed by atoms with E-state index in [4.69, 9.17) is 0 Å². The van der Waals surface area contributed by atoms with Crippen molar-refractivity contribution < 1.29 is 0 Å². The Bertz CT molecular complexity index is 265. The molecule has 0 spiro atoms. The van der Waals surface area contributed by atoms with Crippen LogP contribution in [0.1, 0.15) is 6.42 Å². The smallest absolute Gasteiger partial charge is 0.00963 e. The summed E-state index contributed by atoms with van der Waals surface area (Å²) >= 11 is 0. The van der Waals surface area contributed by atoms with Crippen LogP contribution in [-0.4, -0.2) is 0 Å². The summed E-state index contributed by atoms with van der Waals surface area (Å²) in [5, 5.41) is 1.53. The molecule has 1 radical (unpaired) electrons. The molecule has 1 aliphatic carbocycles. The van der Waals surface area contributed by atoms with Crippen LogP contribution in [0.4, 0.5) is 0 Å². The zero-order valence-electron chi connectivity index (χ0n) is 5.62. The fraction of sp³-hybridized carbons (Fsp3) is 0.111. The summed E-state index contributed by atoms with van der Waals surface area (Å²) in [6.07, 6.45) is 7.68. The van der Waals surface area contributed by atoms with E-state index in [-0.39, 0.29) is 7.53 Å². The van der Waals surface area contributed by atoms with Gasteiger partial charge in [-0.25, -0.2) is 0 Å². The van der Waals surface area contributed by atoms with Crippen molar-refractivity contribution in [1.29, 1.82) is 0 Å². The molecule has 0 nitrogen and oxygen atoms in total. The minimum absolute atomic E-state index is 0.134. The third kappa shape index (κ3) is 0.955. The lowest BCUT2D eigenvalue weighted by atomic mass is 10.5. The Labute approximate surface area is 61.9 Å². The molecule has 0 fully saturated rings. The lowest BCUT2D eigenvalue weighted by molar-refractivity contribution is 1.53. The first-order valence-corrected chi connectivity index (χ1v) is 4.79. The van der Waals surface area contributed by atoms with Crippen molar-refractivity contribution in [3.63, 3.8) is 0 Å². The average Bonchev–Trinajstić information content (AvgIpc) is 2.59. The van der Waals surface area contributed by atoms with Gasteiger partial charge >= 0.3 is 0 Å². The van der Waals surface area contributed by atoms with Crippen molar-refractivity contribution in [2.45, 2.75) is 6.42 Å². The minimum Gasteiger partial charge on any atom is -0.0888 e. The summed E-state index contributed by atoms with van der Waals surface area (Å²) in [5.74, 6) is 5.56. The molecule has 0 aliphatic heterocycles. The van der Waals surface area contributed by atoms with Gasteiger partial charge < -0.3 is 0 Å². The van der Waals surface area contributed by atoms with Gasteiger partial charge in [0.2, 0.25) is 0 Å². The number of allylic oxidation sites excluding steroid dienone is 4. The molecule has 49 valence electrons. The maximum Gasteiger partial charge on any atom is 0.00963 e. The van der Waals surface area contributed by atoms with Crippen molar-refractivity contribution in [3.05, 3.63) is 42.0 Å².